The maximum Gasteiger partial charge on any atom is 0.186 e. The summed E-state index contributed by atoms with van der Waals surface area (Å²) >= 11 is 6.86. The third-order valence-corrected chi connectivity index (χ3v) is 2.21. The van der Waals surface area contributed by atoms with Crippen LogP contribution in [0.15, 0.2) is 18.3 Å². The van der Waals surface area contributed by atoms with Crippen molar-refractivity contribution in [2.24, 2.45) is 0 Å². The fourth-order valence-corrected chi connectivity index (χ4v) is 1.28. The minimum Gasteiger partial charge on any atom is -0.288 e. The number of nitrogens with zero attached hydrogens (tertiary/aromatic N) is 1. The van der Waals surface area contributed by atoms with Gasteiger partial charge in [-0.25, -0.2) is 4.98 Å². The summed E-state index contributed by atoms with van der Waals surface area (Å²) in [5.74, 6) is 6.27. The Labute approximate surface area is 92.1 Å². The molecule has 0 unspecified atom stereocenters. The van der Waals surface area contributed by atoms with Crippen LogP contribution in [0.1, 0.15) is 12.5 Å². The molecule has 0 saturated heterocycles. The van der Waals surface area contributed by atoms with E-state index in [0.29, 0.717) is 10.9 Å². The van der Waals surface area contributed by atoms with E-state index in [2.05, 4.69) is 16.8 Å². The molecular formula is C10H8ClNOS. The number of rotatable bonds is 1. The molecule has 0 atom stereocenters. The third-order valence-electron chi connectivity index (χ3n) is 1.31. The fourth-order valence-electron chi connectivity index (χ4n) is 0.756. The lowest BCUT2D eigenvalue weighted by Crippen LogP contribution is -1.82. The monoisotopic (exact) mass is 225 g/mol. The smallest absolute Gasteiger partial charge is 0.186 e. The maximum atomic E-state index is 10.6. The van der Waals surface area contributed by atoms with Crippen LogP contribution in [0, 0.1) is 11.8 Å². The molecule has 1 aromatic heterocycles. The van der Waals surface area contributed by atoms with Gasteiger partial charge >= 0.3 is 0 Å². The Hall–Kier alpha value is -0.980. The summed E-state index contributed by atoms with van der Waals surface area (Å²) in [6.07, 6.45) is 1.60. The van der Waals surface area contributed by atoms with E-state index in [0.717, 1.165) is 5.56 Å². The molecule has 1 aromatic rings. The average molecular weight is 226 g/mol. The molecule has 0 aliphatic heterocycles. The number of aromatic nitrogens is 1. The van der Waals surface area contributed by atoms with Crippen molar-refractivity contribution in [3.05, 3.63) is 29.0 Å². The SMILES string of the molecule is CC(=O)SCC#Cc1ccnc(Cl)c1. The Morgan fingerprint density at radius 2 is 2.50 bits per heavy atom. The van der Waals surface area contributed by atoms with Crippen molar-refractivity contribution in [1.29, 1.82) is 0 Å². The highest BCUT2D eigenvalue weighted by Gasteiger charge is 1.91. The van der Waals surface area contributed by atoms with Crippen LogP contribution < -0.4 is 0 Å². The van der Waals surface area contributed by atoms with E-state index in [4.69, 9.17) is 11.6 Å². The number of hydrogen-bond donors (Lipinski definition) is 0. The zero-order valence-corrected chi connectivity index (χ0v) is 9.15. The van der Waals surface area contributed by atoms with Gasteiger partial charge in [0.2, 0.25) is 0 Å². The summed E-state index contributed by atoms with van der Waals surface area (Å²) in [5, 5.41) is 0.503. The largest absolute Gasteiger partial charge is 0.288 e. The van der Waals surface area contributed by atoms with E-state index in [1.807, 2.05) is 0 Å². The molecule has 0 amide bonds. The molecule has 0 aliphatic rings. The number of thioether (sulfide) groups is 1. The lowest BCUT2D eigenvalue weighted by atomic mass is 10.3. The zero-order valence-electron chi connectivity index (χ0n) is 7.58. The second-order valence-corrected chi connectivity index (χ2v) is 3.99. The molecule has 0 spiro atoms. The van der Waals surface area contributed by atoms with Crippen LogP contribution >= 0.6 is 23.4 Å². The lowest BCUT2D eigenvalue weighted by molar-refractivity contribution is -0.109. The summed E-state index contributed by atoms with van der Waals surface area (Å²) in [5.41, 5.74) is 0.814. The van der Waals surface area contributed by atoms with E-state index in [9.17, 15) is 4.79 Å². The zero-order chi connectivity index (χ0) is 10.4. The number of pyridine rings is 1. The summed E-state index contributed by atoms with van der Waals surface area (Å²) in [7, 11) is 0. The van der Waals surface area contributed by atoms with Crippen molar-refractivity contribution in [3.63, 3.8) is 0 Å². The number of hydrogen-bond acceptors (Lipinski definition) is 3. The predicted octanol–water partition coefficient (Wildman–Crippen LogP) is 2.37. The molecule has 14 heavy (non-hydrogen) atoms. The topological polar surface area (TPSA) is 30.0 Å². The molecular weight excluding hydrogens is 218 g/mol. The first-order valence-electron chi connectivity index (χ1n) is 3.92. The Morgan fingerprint density at radius 3 is 3.14 bits per heavy atom. The number of halogens is 1. The van der Waals surface area contributed by atoms with Gasteiger partial charge in [0.25, 0.3) is 0 Å². The average Bonchev–Trinajstić information content (AvgIpc) is 2.12. The summed E-state index contributed by atoms with van der Waals surface area (Å²) < 4.78 is 0. The van der Waals surface area contributed by atoms with Gasteiger partial charge in [-0.3, -0.25) is 4.79 Å². The second kappa shape index (κ2) is 5.69. The molecule has 1 rings (SSSR count). The third kappa shape index (κ3) is 4.31. The normalized spacial score (nSPS) is 9.00. The molecule has 72 valence electrons. The van der Waals surface area contributed by atoms with Crippen molar-refractivity contribution in [3.8, 4) is 11.8 Å². The molecule has 0 fully saturated rings. The molecule has 4 heteroatoms. The summed E-state index contributed by atoms with van der Waals surface area (Å²) in [4.78, 5) is 14.4. The van der Waals surface area contributed by atoms with Crippen molar-refractivity contribution in [2.75, 3.05) is 5.75 Å². The van der Waals surface area contributed by atoms with Crippen molar-refractivity contribution >= 4 is 28.5 Å². The fraction of sp³-hybridized carbons (Fsp3) is 0.200. The number of carbonyl (C=O) groups excluding carboxylic acids is 1. The van der Waals surface area contributed by atoms with Crippen molar-refractivity contribution in [1.82, 2.24) is 4.98 Å². The second-order valence-electron chi connectivity index (χ2n) is 2.45. The minimum atomic E-state index is 0.0760. The summed E-state index contributed by atoms with van der Waals surface area (Å²) in [6, 6.07) is 3.46. The van der Waals surface area contributed by atoms with Crippen LogP contribution in [0.2, 0.25) is 5.15 Å². The van der Waals surface area contributed by atoms with Gasteiger partial charge in [0, 0.05) is 18.7 Å². The predicted molar refractivity (Wildman–Crippen MR) is 59.3 cm³/mol. The first-order chi connectivity index (χ1) is 6.68. The van der Waals surface area contributed by atoms with Gasteiger partial charge in [-0.05, 0) is 12.1 Å². The van der Waals surface area contributed by atoms with Gasteiger partial charge in [-0.2, -0.15) is 0 Å². The first kappa shape index (κ1) is 11.1. The van der Waals surface area contributed by atoms with Crippen LogP contribution in [0.3, 0.4) is 0 Å². The van der Waals surface area contributed by atoms with Crippen LogP contribution in [-0.4, -0.2) is 15.9 Å². The Kier molecular flexibility index (Phi) is 4.51. The molecule has 0 aromatic carbocycles. The Balaban J connectivity index is 2.55. The van der Waals surface area contributed by atoms with Crippen LogP contribution in [0.4, 0.5) is 0 Å². The van der Waals surface area contributed by atoms with Gasteiger partial charge in [-0.15, -0.1) is 0 Å². The Morgan fingerprint density at radius 1 is 1.71 bits per heavy atom. The molecule has 0 N–H and O–H groups in total. The molecule has 0 aliphatic carbocycles. The first-order valence-corrected chi connectivity index (χ1v) is 5.28. The van der Waals surface area contributed by atoms with Crippen LogP contribution in [0.25, 0.3) is 0 Å². The van der Waals surface area contributed by atoms with Crippen molar-refractivity contribution < 1.29 is 4.79 Å². The van der Waals surface area contributed by atoms with Crippen LogP contribution in [0.5, 0.6) is 0 Å². The van der Waals surface area contributed by atoms with E-state index in [1.54, 1.807) is 18.3 Å². The standard InChI is InChI=1S/C10H8ClNOS/c1-8(13)14-6-2-3-9-4-5-12-10(11)7-9/h4-5,7H,6H2,1H3. The highest BCUT2D eigenvalue weighted by molar-refractivity contribution is 8.13. The minimum absolute atomic E-state index is 0.0760. The van der Waals surface area contributed by atoms with Crippen molar-refractivity contribution in [2.45, 2.75) is 6.92 Å². The van der Waals surface area contributed by atoms with E-state index in [1.165, 1.54) is 18.7 Å². The lowest BCUT2D eigenvalue weighted by Gasteiger charge is -1.89. The van der Waals surface area contributed by atoms with E-state index >= 15 is 0 Å². The Bertz CT molecular complexity index is 395. The molecule has 0 radical (unpaired) electrons. The summed E-state index contributed by atoms with van der Waals surface area (Å²) in [6.45, 7) is 1.52. The highest BCUT2D eigenvalue weighted by atomic mass is 35.5. The molecule has 0 bridgehead atoms. The van der Waals surface area contributed by atoms with E-state index < -0.39 is 0 Å². The van der Waals surface area contributed by atoms with Gasteiger partial charge in [0.1, 0.15) is 5.15 Å². The van der Waals surface area contributed by atoms with Gasteiger partial charge < -0.3 is 0 Å². The molecule has 0 saturated carbocycles. The maximum absolute atomic E-state index is 10.6. The molecule has 2 nitrogen and oxygen atoms in total. The van der Waals surface area contributed by atoms with Gasteiger partial charge in [0.15, 0.2) is 5.12 Å². The molecule has 1 heterocycles. The van der Waals surface area contributed by atoms with Gasteiger partial charge in [-0.1, -0.05) is 35.2 Å². The highest BCUT2D eigenvalue weighted by Crippen LogP contribution is 2.05. The van der Waals surface area contributed by atoms with Crippen LogP contribution in [-0.2, 0) is 4.79 Å². The van der Waals surface area contributed by atoms with E-state index in [-0.39, 0.29) is 5.12 Å². The van der Waals surface area contributed by atoms with Gasteiger partial charge in [0.05, 0.1) is 5.75 Å². The number of carbonyl (C=O) groups is 1. The quantitative estimate of drug-likeness (QED) is 0.543.